The zero-order valence-electron chi connectivity index (χ0n) is 24.4. The van der Waals surface area contributed by atoms with Gasteiger partial charge in [0.25, 0.3) is 5.91 Å². The lowest BCUT2D eigenvalue weighted by Gasteiger charge is -2.45. The lowest BCUT2D eigenvalue weighted by Crippen LogP contribution is -2.59. The van der Waals surface area contributed by atoms with Crippen LogP contribution in [-0.4, -0.2) is 69.1 Å². The van der Waals surface area contributed by atoms with Crippen LogP contribution in [0.15, 0.2) is 60.2 Å². The summed E-state index contributed by atoms with van der Waals surface area (Å²) < 4.78 is 15.0. The summed E-state index contributed by atoms with van der Waals surface area (Å²) >= 11 is 6.83. The van der Waals surface area contributed by atoms with Gasteiger partial charge in [-0.2, -0.15) is 4.99 Å². The highest BCUT2D eigenvalue weighted by Crippen LogP contribution is 2.40. The van der Waals surface area contributed by atoms with Crippen LogP contribution in [0, 0.1) is 12.7 Å². The summed E-state index contributed by atoms with van der Waals surface area (Å²) in [4.78, 5) is 46.0. The fraction of sp³-hybridized carbons (Fsp3) is 0.344. The van der Waals surface area contributed by atoms with Crippen molar-refractivity contribution in [1.82, 2.24) is 19.8 Å². The Morgan fingerprint density at radius 2 is 1.88 bits per heavy atom. The van der Waals surface area contributed by atoms with E-state index in [0.29, 0.717) is 30.3 Å². The van der Waals surface area contributed by atoms with E-state index in [-0.39, 0.29) is 52.6 Å². The summed E-state index contributed by atoms with van der Waals surface area (Å²) in [6, 6.07) is 9.60. The van der Waals surface area contributed by atoms with E-state index in [1.807, 2.05) is 50.5 Å². The van der Waals surface area contributed by atoms with Crippen molar-refractivity contribution in [3.05, 3.63) is 82.9 Å². The Labute approximate surface area is 250 Å². The number of carbonyl (C=O) groups is 2. The number of piperazine rings is 1. The number of aliphatic imine (C=N–C) groups is 1. The number of fused-ring (bicyclic) bond motifs is 1. The number of amides is 2. The molecular weight excluding hydrogens is 555 g/mol. The maximum Gasteiger partial charge on any atom is 0.267 e. The van der Waals surface area contributed by atoms with Gasteiger partial charge in [0.1, 0.15) is 24.0 Å². The molecule has 42 heavy (non-hydrogen) atoms. The number of amidine groups is 1. The van der Waals surface area contributed by atoms with Crippen LogP contribution in [-0.2, 0) is 9.59 Å². The molecule has 4 heterocycles. The summed E-state index contributed by atoms with van der Waals surface area (Å²) in [7, 11) is 0. The van der Waals surface area contributed by atoms with Crippen LogP contribution < -0.4 is 4.90 Å². The van der Waals surface area contributed by atoms with Crippen LogP contribution in [0.2, 0.25) is 5.02 Å². The SMILES string of the molecule is C=CC(=O)N1CC(C)N(C2=NC(=O)CN(c3c(C)ccnc3C(C)C)c3nc(-c4ccccc4F)c(Cl)cc32)CC1C. The molecule has 1 saturated heterocycles. The maximum atomic E-state index is 15.0. The molecule has 2 aliphatic heterocycles. The fourth-order valence-corrected chi connectivity index (χ4v) is 5.96. The van der Waals surface area contributed by atoms with Crippen molar-refractivity contribution in [3.8, 4) is 11.3 Å². The average molecular weight is 589 g/mol. The second-order valence-electron chi connectivity index (χ2n) is 11.1. The number of nitrogens with zero attached hydrogens (tertiary/aromatic N) is 6. The van der Waals surface area contributed by atoms with E-state index in [0.717, 1.165) is 16.9 Å². The quantitative estimate of drug-likeness (QED) is 0.353. The molecule has 3 aromatic rings. The van der Waals surface area contributed by atoms with Gasteiger partial charge in [0.2, 0.25) is 5.91 Å². The monoisotopic (exact) mass is 588 g/mol. The molecule has 0 aliphatic carbocycles. The Kier molecular flexibility index (Phi) is 8.14. The van der Waals surface area contributed by atoms with Crippen molar-refractivity contribution in [2.45, 2.75) is 52.6 Å². The fourth-order valence-electron chi connectivity index (χ4n) is 5.71. The van der Waals surface area contributed by atoms with Gasteiger partial charge in [-0.25, -0.2) is 9.37 Å². The minimum Gasteiger partial charge on any atom is -0.349 e. The zero-order valence-corrected chi connectivity index (χ0v) is 25.2. The standard InChI is InChI=1S/C32H34ClFN6O2/c1-7-27(42)38-15-21(6)39(16-20(38)5)31-23-14-24(33)29(22-10-8-9-11-25(22)34)37-32(23)40(17-26(41)36-31)30-19(4)12-13-35-28(30)18(2)3/h7-14,18,20-21H,1,15-17H2,2-6H3. The van der Waals surface area contributed by atoms with Crippen LogP contribution in [0.3, 0.4) is 0 Å². The summed E-state index contributed by atoms with van der Waals surface area (Å²) in [5, 5.41) is 0.231. The number of halogens is 2. The highest BCUT2D eigenvalue weighted by Gasteiger charge is 2.37. The minimum absolute atomic E-state index is 0.0526. The number of benzene rings is 1. The molecule has 2 atom stereocenters. The van der Waals surface area contributed by atoms with E-state index in [1.54, 1.807) is 35.4 Å². The third-order valence-corrected chi connectivity index (χ3v) is 8.08. The number of aromatic nitrogens is 2. The van der Waals surface area contributed by atoms with Crippen LogP contribution in [0.4, 0.5) is 15.9 Å². The molecule has 0 N–H and O–H groups in total. The molecule has 1 fully saturated rings. The predicted molar refractivity (Wildman–Crippen MR) is 164 cm³/mol. The molecule has 0 saturated carbocycles. The van der Waals surface area contributed by atoms with Gasteiger partial charge in [0, 0.05) is 36.9 Å². The molecular formula is C32H34ClFN6O2. The zero-order chi connectivity index (χ0) is 30.3. The molecule has 218 valence electrons. The second-order valence-corrected chi connectivity index (χ2v) is 11.6. The van der Waals surface area contributed by atoms with Crippen molar-refractivity contribution in [3.63, 3.8) is 0 Å². The third-order valence-electron chi connectivity index (χ3n) is 7.79. The molecule has 0 radical (unpaired) electrons. The predicted octanol–water partition coefficient (Wildman–Crippen LogP) is 5.90. The van der Waals surface area contributed by atoms with Crippen LogP contribution >= 0.6 is 11.6 Å². The normalized spacial score (nSPS) is 19.0. The Morgan fingerprint density at radius 3 is 2.57 bits per heavy atom. The van der Waals surface area contributed by atoms with Gasteiger partial charge in [-0.3, -0.25) is 14.6 Å². The van der Waals surface area contributed by atoms with Gasteiger partial charge in [-0.15, -0.1) is 0 Å². The number of rotatable bonds is 4. The van der Waals surface area contributed by atoms with E-state index in [9.17, 15) is 9.59 Å². The molecule has 10 heteroatoms. The molecule has 0 bridgehead atoms. The van der Waals surface area contributed by atoms with Crippen LogP contribution in [0.25, 0.3) is 11.3 Å². The number of hydrogen-bond acceptors (Lipinski definition) is 6. The van der Waals surface area contributed by atoms with Gasteiger partial charge in [-0.1, -0.05) is 44.2 Å². The molecule has 8 nitrogen and oxygen atoms in total. The topological polar surface area (TPSA) is 82.0 Å². The summed E-state index contributed by atoms with van der Waals surface area (Å²) in [6.07, 6.45) is 3.07. The number of aryl methyl sites for hydroxylation is 1. The highest BCUT2D eigenvalue weighted by atomic mass is 35.5. The molecule has 2 unspecified atom stereocenters. The second kappa shape index (κ2) is 11.6. The molecule has 5 rings (SSSR count). The Balaban J connectivity index is 1.74. The first-order chi connectivity index (χ1) is 20.0. The van der Waals surface area contributed by atoms with Crippen molar-refractivity contribution < 1.29 is 14.0 Å². The van der Waals surface area contributed by atoms with E-state index in [1.165, 1.54) is 12.1 Å². The number of hydrogen-bond donors (Lipinski definition) is 0. The number of anilines is 2. The van der Waals surface area contributed by atoms with Crippen molar-refractivity contribution in [2.75, 3.05) is 24.5 Å². The van der Waals surface area contributed by atoms with Crippen molar-refractivity contribution in [2.24, 2.45) is 4.99 Å². The molecule has 0 spiro atoms. The summed E-state index contributed by atoms with van der Waals surface area (Å²) in [6.45, 7) is 14.4. The Bertz CT molecular complexity index is 1610. The van der Waals surface area contributed by atoms with E-state index in [2.05, 4.69) is 16.6 Å². The minimum atomic E-state index is -0.456. The maximum absolute atomic E-state index is 15.0. The lowest BCUT2D eigenvalue weighted by molar-refractivity contribution is -0.130. The van der Waals surface area contributed by atoms with Gasteiger partial charge >= 0.3 is 0 Å². The summed E-state index contributed by atoms with van der Waals surface area (Å²) in [5.74, 6) is -0.0602. The molecule has 1 aromatic carbocycles. The number of carbonyl (C=O) groups excluding carboxylic acids is 2. The third kappa shape index (κ3) is 5.29. The van der Waals surface area contributed by atoms with E-state index < -0.39 is 5.82 Å². The lowest BCUT2D eigenvalue weighted by atomic mass is 10.0. The molecule has 2 aliphatic rings. The first kappa shape index (κ1) is 29.4. The van der Waals surface area contributed by atoms with Gasteiger partial charge in [-0.05, 0) is 62.6 Å². The Hall–Kier alpha value is -4.11. The Morgan fingerprint density at radius 1 is 1.14 bits per heavy atom. The van der Waals surface area contributed by atoms with Gasteiger partial charge < -0.3 is 14.7 Å². The molecule has 2 aromatic heterocycles. The van der Waals surface area contributed by atoms with Gasteiger partial charge in [0.15, 0.2) is 0 Å². The summed E-state index contributed by atoms with van der Waals surface area (Å²) in [5.41, 5.74) is 3.55. The largest absolute Gasteiger partial charge is 0.349 e. The average Bonchev–Trinajstić information content (AvgIpc) is 3.09. The van der Waals surface area contributed by atoms with Gasteiger partial charge in [0.05, 0.1) is 27.7 Å². The van der Waals surface area contributed by atoms with Crippen molar-refractivity contribution in [1.29, 1.82) is 0 Å². The number of pyridine rings is 2. The molecule has 2 amide bonds. The van der Waals surface area contributed by atoms with E-state index >= 15 is 4.39 Å². The first-order valence-electron chi connectivity index (χ1n) is 14.0. The highest BCUT2D eigenvalue weighted by molar-refractivity contribution is 6.33. The first-order valence-corrected chi connectivity index (χ1v) is 14.4. The van der Waals surface area contributed by atoms with Crippen molar-refractivity contribution >= 4 is 40.8 Å². The van der Waals surface area contributed by atoms with E-state index in [4.69, 9.17) is 16.6 Å². The smallest absolute Gasteiger partial charge is 0.267 e. The van der Waals surface area contributed by atoms with Crippen LogP contribution in [0.5, 0.6) is 0 Å². The van der Waals surface area contributed by atoms with Crippen LogP contribution in [0.1, 0.15) is 50.4 Å².